The van der Waals surface area contributed by atoms with Gasteiger partial charge in [-0.05, 0) is 109 Å². The Hall–Kier alpha value is -2.98. The zero-order chi connectivity index (χ0) is 22.6. The van der Waals surface area contributed by atoms with E-state index in [4.69, 9.17) is 4.74 Å². The lowest BCUT2D eigenvalue weighted by Crippen LogP contribution is -2.33. The van der Waals surface area contributed by atoms with Gasteiger partial charge in [-0.15, -0.1) is 0 Å². The highest BCUT2D eigenvalue weighted by Gasteiger charge is 2.24. The summed E-state index contributed by atoms with van der Waals surface area (Å²) in [6.07, 6.45) is 6.56. The van der Waals surface area contributed by atoms with E-state index in [0.29, 0.717) is 11.5 Å². The molecule has 2 N–H and O–H groups in total. The predicted molar refractivity (Wildman–Crippen MR) is 131 cm³/mol. The van der Waals surface area contributed by atoms with E-state index in [1.165, 1.54) is 60.2 Å². The van der Waals surface area contributed by atoms with Crippen LogP contribution < -0.4 is 4.74 Å². The molecule has 1 saturated heterocycles. The van der Waals surface area contributed by atoms with Gasteiger partial charge in [0.25, 0.3) is 0 Å². The minimum Gasteiger partial charge on any atom is -0.508 e. The summed E-state index contributed by atoms with van der Waals surface area (Å²) in [5, 5.41) is 20.1. The van der Waals surface area contributed by atoms with Gasteiger partial charge in [-0.25, -0.2) is 0 Å². The minimum absolute atomic E-state index is 0.185. The maximum Gasteiger partial charge on any atom is 0.119 e. The van der Waals surface area contributed by atoms with Gasteiger partial charge in [-0.3, -0.25) is 4.90 Å². The van der Waals surface area contributed by atoms with E-state index >= 15 is 0 Å². The maximum atomic E-state index is 10.0. The number of aromatic hydroxyl groups is 2. The van der Waals surface area contributed by atoms with Crippen LogP contribution in [0.3, 0.4) is 0 Å². The topological polar surface area (TPSA) is 52.9 Å². The standard InChI is InChI=1S/C29H33NO3/c31-24-8-12-27-22(19-24)6-7-23-20-25(32)9-13-28(23)29(27)18-21-4-10-26(11-5-21)33-17-16-30-14-2-1-3-15-30/h4-5,8-13,19-20,29,31-32H,1-3,6-7,14-18H2. The Morgan fingerprint density at radius 2 is 1.36 bits per heavy atom. The van der Waals surface area contributed by atoms with Crippen LogP contribution >= 0.6 is 0 Å². The first-order valence-electron chi connectivity index (χ1n) is 12.2. The van der Waals surface area contributed by atoms with Crippen LogP contribution in [0.15, 0.2) is 60.7 Å². The molecule has 4 heteroatoms. The zero-order valence-corrected chi connectivity index (χ0v) is 19.2. The summed E-state index contributed by atoms with van der Waals surface area (Å²) in [6.45, 7) is 4.12. The molecule has 1 fully saturated rings. The first-order chi connectivity index (χ1) is 16.2. The van der Waals surface area contributed by atoms with Crippen molar-refractivity contribution in [3.05, 3.63) is 88.5 Å². The number of likely N-dealkylation sites (tertiary alicyclic amines) is 1. The summed E-state index contributed by atoms with van der Waals surface area (Å²) in [5.41, 5.74) is 6.16. The number of benzene rings is 3. The van der Waals surface area contributed by atoms with Crippen molar-refractivity contribution in [3.8, 4) is 17.2 Å². The van der Waals surface area contributed by atoms with Gasteiger partial charge < -0.3 is 14.9 Å². The van der Waals surface area contributed by atoms with Crippen LogP contribution in [0.4, 0.5) is 0 Å². The van der Waals surface area contributed by atoms with Crippen LogP contribution in [-0.4, -0.2) is 41.4 Å². The fourth-order valence-corrected chi connectivity index (χ4v) is 5.39. The highest BCUT2D eigenvalue weighted by Crippen LogP contribution is 2.39. The van der Waals surface area contributed by atoms with Crippen molar-refractivity contribution in [2.75, 3.05) is 26.2 Å². The molecule has 5 rings (SSSR count). The Bertz CT molecular complexity index is 1030. The van der Waals surface area contributed by atoms with Crippen LogP contribution in [0, 0.1) is 0 Å². The monoisotopic (exact) mass is 443 g/mol. The summed E-state index contributed by atoms with van der Waals surface area (Å²) >= 11 is 0. The van der Waals surface area contributed by atoms with E-state index in [-0.39, 0.29) is 5.92 Å². The molecule has 0 saturated carbocycles. The van der Waals surface area contributed by atoms with Crippen molar-refractivity contribution in [1.29, 1.82) is 0 Å². The molecule has 0 unspecified atom stereocenters. The molecular weight excluding hydrogens is 410 g/mol. The van der Waals surface area contributed by atoms with E-state index < -0.39 is 0 Å². The Kier molecular flexibility index (Phi) is 6.54. The van der Waals surface area contributed by atoms with Crippen LogP contribution in [0.5, 0.6) is 17.2 Å². The maximum absolute atomic E-state index is 10.0. The number of phenolic OH excluding ortho intramolecular Hbond substituents is 2. The number of nitrogens with zero attached hydrogens (tertiary/aromatic N) is 1. The Morgan fingerprint density at radius 3 is 1.97 bits per heavy atom. The van der Waals surface area contributed by atoms with Gasteiger partial charge in [0.1, 0.15) is 23.9 Å². The molecule has 3 aromatic carbocycles. The summed E-state index contributed by atoms with van der Waals surface area (Å²) < 4.78 is 6.02. The number of piperidine rings is 1. The smallest absolute Gasteiger partial charge is 0.119 e. The molecule has 0 atom stereocenters. The van der Waals surface area contributed by atoms with Gasteiger partial charge in [-0.2, -0.15) is 0 Å². The Balaban J connectivity index is 1.32. The Morgan fingerprint density at radius 1 is 0.758 bits per heavy atom. The van der Waals surface area contributed by atoms with Crippen LogP contribution in [0.2, 0.25) is 0 Å². The third-order valence-electron chi connectivity index (χ3n) is 7.16. The molecule has 172 valence electrons. The molecule has 0 aromatic heterocycles. The third kappa shape index (κ3) is 5.17. The summed E-state index contributed by atoms with van der Waals surface area (Å²) in [4.78, 5) is 2.49. The second kappa shape index (κ2) is 9.88. The van der Waals surface area contributed by atoms with E-state index in [9.17, 15) is 10.2 Å². The number of fused-ring (bicyclic) bond motifs is 2. The number of hydrogen-bond donors (Lipinski definition) is 2. The molecule has 0 amide bonds. The Labute approximate surface area is 196 Å². The molecule has 0 radical (unpaired) electrons. The van der Waals surface area contributed by atoms with Crippen LogP contribution in [0.25, 0.3) is 0 Å². The van der Waals surface area contributed by atoms with E-state index in [0.717, 1.165) is 38.2 Å². The van der Waals surface area contributed by atoms with Gasteiger partial charge in [-0.1, -0.05) is 30.7 Å². The molecule has 1 aliphatic heterocycles. The van der Waals surface area contributed by atoms with Gasteiger partial charge in [0, 0.05) is 12.5 Å². The van der Waals surface area contributed by atoms with Gasteiger partial charge in [0.2, 0.25) is 0 Å². The van der Waals surface area contributed by atoms with Crippen molar-refractivity contribution >= 4 is 0 Å². The molecule has 0 bridgehead atoms. The first kappa shape index (κ1) is 21.8. The molecule has 33 heavy (non-hydrogen) atoms. The lowest BCUT2D eigenvalue weighted by atomic mass is 9.83. The molecular formula is C29H33NO3. The SMILES string of the molecule is Oc1ccc2c(c1)CCc1cc(O)ccc1C2Cc1ccc(OCCN2CCCCC2)cc1. The van der Waals surface area contributed by atoms with Crippen LogP contribution in [-0.2, 0) is 19.3 Å². The first-order valence-corrected chi connectivity index (χ1v) is 12.2. The number of rotatable bonds is 6. The minimum atomic E-state index is 0.185. The normalized spacial score (nSPS) is 16.6. The zero-order valence-electron chi connectivity index (χ0n) is 19.2. The second-order valence-electron chi connectivity index (χ2n) is 9.42. The van der Waals surface area contributed by atoms with Crippen molar-refractivity contribution in [3.63, 3.8) is 0 Å². The van der Waals surface area contributed by atoms with Gasteiger partial charge in [0.15, 0.2) is 0 Å². The van der Waals surface area contributed by atoms with Gasteiger partial charge >= 0.3 is 0 Å². The quantitative estimate of drug-likeness (QED) is 0.533. The summed E-state index contributed by atoms with van der Waals surface area (Å²) in [7, 11) is 0. The van der Waals surface area contributed by atoms with Crippen LogP contribution in [0.1, 0.15) is 53.0 Å². The number of aryl methyl sites for hydroxylation is 2. The number of ether oxygens (including phenoxy) is 1. The van der Waals surface area contributed by atoms with E-state index in [2.05, 4.69) is 41.3 Å². The fourth-order valence-electron chi connectivity index (χ4n) is 5.39. The fraction of sp³-hybridized carbons (Fsp3) is 0.379. The highest BCUT2D eigenvalue weighted by molar-refractivity contribution is 5.50. The average Bonchev–Trinajstić information content (AvgIpc) is 2.97. The lowest BCUT2D eigenvalue weighted by Gasteiger charge is -2.26. The molecule has 4 nitrogen and oxygen atoms in total. The highest BCUT2D eigenvalue weighted by atomic mass is 16.5. The van der Waals surface area contributed by atoms with Gasteiger partial charge in [0.05, 0.1) is 0 Å². The number of hydrogen-bond acceptors (Lipinski definition) is 4. The average molecular weight is 444 g/mol. The summed E-state index contributed by atoms with van der Waals surface area (Å²) in [6, 6.07) is 20.0. The lowest BCUT2D eigenvalue weighted by molar-refractivity contribution is 0.183. The molecule has 1 aliphatic carbocycles. The van der Waals surface area contributed by atoms with Crippen molar-refractivity contribution in [2.24, 2.45) is 0 Å². The van der Waals surface area contributed by atoms with E-state index in [1.807, 2.05) is 12.1 Å². The van der Waals surface area contributed by atoms with Crippen molar-refractivity contribution in [1.82, 2.24) is 4.90 Å². The predicted octanol–water partition coefficient (Wildman–Crippen LogP) is 5.44. The molecule has 1 heterocycles. The van der Waals surface area contributed by atoms with Crippen molar-refractivity contribution in [2.45, 2.75) is 44.4 Å². The molecule has 2 aliphatic rings. The second-order valence-corrected chi connectivity index (χ2v) is 9.42. The summed E-state index contributed by atoms with van der Waals surface area (Å²) in [5.74, 6) is 1.73. The van der Waals surface area contributed by atoms with Crippen molar-refractivity contribution < 1.29 is 14.9 Å². The van der Waals surface area contributed by atoms with E-state index in [1.54, 1.807) is 12.1 Å². The molecule has 3 aromatic rings. The largest absolute Gasteiger partial charge is 0.508 e. The third-order valence-corrected chi connectivity index (χ3v) is 7.16. The molecule has 0 spiro atoms. The number of phenols is 2.